The summed E-state index contributed by atoms with van der Waals surface area (Å²) in [5, 5.41) is 4.21. The van der Waals surface area contributed by atoms with Crippen LogP contribution in [-0.2, 0) is 6.42 Å². The van der Waals surface area contributed by atoms with Crippen molar-refractivity contribution in [3.8, 4) is 5.75 Å². The highest BCUT2D eigenvalue weighted by molar-refractivity contribution is 6.32. The minimum atomic E-state index is 0.347. The van der Waals surface area contributed by atoms with E-state index in [1.54, 1.807) is 7.11 Å². The van der Waals surface area contributed by atoms with E-state index < -0.39 is 0 Å². The highest BCUT2D eigenvalue weighted by Gasteiger charge is 2.22. The standard InChI is InChI=1S/C17H18ClNO/c1-20-17-10-14-13(9-16(17)18)7-8-19-11-15(14)12-5-3-2-4-6-12/h2-6,9-10,15,19H,7-8,11H2,1H3. The number of benzene rings is 2. The molecular weight excluding hydrogens is 270 g/mol. The van der Waals surface area contributed by atoms with E-state index in [9.17, 15) is 0 Å². The number of rotatable bonds is 2. The smallest absolute Gasteiger partial charge is 0.137 e. The molecule has 0 bridgehead atoms. The molecule has 0 aliphatic carbocycles. The van der Waals surface area contributed by atoms with E-state index in [1.807, 2.05) is 0 Å². The van der Waals surface area contributed by atoms with Gasteiger partial charge in [0.15, 0.2) is 0 Å². The van der Waals surface area contributed by atoms with Crippen molar-refractivity contribution in [1.82, 2.24) is 5.32 Å². The van der Waals surface area contributed by atoms with E-state index in [4.69, 9.17) is 16.3 Å². The lowest BCUT2D eigenvalue weighted by Gasteiger charge is -2.19. The van der Waals surface area contributed by atoms with Gasteiger partial charge in [0.1, 0.15) is 5.75 Å². The Morgan fingerprint density at radius 1 is 1.20 bits per heavy atom. The van der Waals surface area contributed by atoms with Gasteiger partial charge in [-0.3, -0.25) is 0 Å². The fourth-order valence-electron chi connectivity index (χ4n) is 2.87. The van der Waals surface area contributed by atoms with E-state index in [0.29, 0.717) is 10.9 Å². The molecule has 0 spiro atoms. The van der Waals surface area contributed by atoms with Crippen molar-refractivity contribution in [2.45, 2.75) is 12.3 Å². The highest BCUT2D eigenvalue weighted by atomic mass is 35.5. The molecule has 2 aromatic rings. The van der Waals surface area contributed by atoms with Gasteiger partial charge < -0.3 is 10.1 Å². The van der Waals surface area contributed by atoms with Gasteiger partial charge in [-0.1, -0.05) is 41.9 Å². The number of hydrogen-bond donors (Lipinski definition) is 1. The van der Waals surface area contributed by atoms with Crippen LogP contribution in [0.2, 0.25) is 5.02 Å². The molecule has 2 nitrogen and oxygen atoms in total. The van der Waals surface area contributed by atoms with Gasteiger partial charge in [0.25, 0.3) is 0 Å². The highest BCUT2D eigenvalue weighted by Crippen LogP contribution is 2.35. The largest absolute Gasteiger partial charge is 0.495 e. The number of ether oxygens (including phenoxy) is 1. The Hall–Kier alpha value is -1.51. The summed E-state index contributed by atoms with van der Waals surface area (Å²) < 4.78 is 5.38. The van der Waals surface area contributed by atoms with Crippen LogP contribution in [0.1, 0.15) is 22.6 Å². The van der Waals surface area contributed by atoms with Crippen LogP contribution in [0.3, 0.4) is 0 Å². The molecule has 0 saturated carbocycles. The monoisotopic (exact) mass is 287 g/mol. The fourth-order valence-corrected chi connectivity index (χ4v) is 3.13. The van der Waals surface area contributed by atoms with Crippen molar-refractivity contribution in [2.24, 2.45) is 0 Å². The maximum absolute atomic E-state index is 6.26. The van der Waals surface area contributed by atoms with Gasteiger partial charge in [0.2, 0.25) is 0 Å². The van der Waals surface area contributed by atoms with Crippen molar-refractivity contribution < 1.29 is 4.74 Å². The molecule has 104 valence electrons. The summed E-state index contributed by atoms with van der Waals surface area (Å²) in [7, 11) is 1.67. The lowest BCUT2D eigenvalue weighted by Crippen LogP contribution is -2.20. The molecule has 3 rings (SSSR count). The minimum Gasteiger partial charge on any atom is -0.495 e. The molecule has 3 heteroatoms. The lowest BCUT2D eigenvalue weighted by atomic mass is 9.88. The Kier molecular flexibility index (Phi) is 3.95. The molecule has 1 aliphatic heterocycles. The lowest BCUT2D eigenvalue weighted by molar-refractivity contribution is 0.414. The molecule has 1 N–H and O–H groups in total. The second kappa shape index (κ2) is 5.86. The zero-order valence-electron chi connectivity index (χ0n) is 11.5. The van der Waals surface area contributed by atoms with Crippen molar-refractivity contribution >= 4 is 11.6 Å². The summed E-state index contributed by atoms with van der Waals surface area (Å²) in [6, 6.07) is 14.8. The van der Waals surface area contributed by atoms with Crippen molar-refractivity contribution in [1.29, 1.82) is 0 Å². The van der Waals surface area contributed by atoms with Crippen LogP contribution in [0.15, 0.2) is 42.5 Å². The van der Waals surface area contributed by atoms with E-state index in [1.165, 1.54) is 16.7 Å². The summed E-state index contributed by atoms with van der Waals surface area (Å²) in [5.41, 5.74) is 3.96. The number of hydrogen-bond acceptors (Lipinski definition) is 2. The molecule has 0 aromatic heterocycles. The summed E-state index contributed by atoms with van der Waals surface area (Å²) in [6.45, 7) is 1.93. The summed E-state index contributed by atoms with van der Waals surface area (Å²) >= 11 is 6.26. The topological polar surface area (TPSA) is 21.3 Å². The first-order chi connectivity index (χ1) is 9.79. The Bertz CT molecular complexity index is 597. The van der Waals surface area contributed by atoms with E-state index >= 15 is 0 Å². The van der Waals surface area contributed by atoms with Crippen molar-refractivity contribution in [3.63, 3.8) is 0 Å². The Balaban J connectivity index is 2.11. The average molecular weight is 288 g/mol. The number of nitrogens with one attached hydrogen (secondary N) is 1. The third-order valence-corrected chi connectivity index (χ3v) is 4.21. The fraction of sp³-hybridized carbons (Fsp3) is 0.294. The van der Waals surface area contributed by atoms with Gasteiger partial charge in [-0.2, -0.15) is 0 Å². The normalized spacial score (nSPS) is 18.2. The Labute approximate surface area is 124 Å². The molecular formula is C17H18ClNO. The minimum absolute atomic E-state index is 0.347. The summed E-state index contributed by atoms with van der Waals surface area (Å²) in [4.78, 5) is 0. The third-order valence-electron chi connectivity index (χ3n) is 3.91. The molecule has 1 unspecified atom stereocenters. The number of methoxy groups -OCH3 is 1. The van der Waals surface area contributed by atoms with Crippen LogP contribution >= 0.6 is 11.6 Å². The molecule has 0 amide bonds. The molecule has 1 atom stereocenters. The Morgan fingerprint density at radius 3 is 2.75 bits per heavy atom. The summed E-state index contributed by atoms with van der Waals surface area (Å²) in [6.07, 6.45) is 1.00. The van der Waals surface area contributed by atoms with E-state index in [-0.39, 0.29) is 0 Å². The molecule has 1 heterocycles. The van der Waals surface area contributed by atoms with E-state index in [0.717, 1.165) is 25.3 Å². The Morgan fingerprint density at radius 2 is 2.00 bits per heavy atom. The third kappa shape index (κ3) is 2.54. The van der Waals surface area contributed by atoms with Gasteiger partial charge in [0.05, 0.1) is 12.1 Å². The maximum atomic E-state index is 6.26. The maximum Gasteiger partial charge on any atom is 0.137 e. The predicted octanol–water partition coefficient (Wildman–Crippen LogP) is 3.63. The first-order valence-electron chi connectivity index (χ1n) is 6.91. The zero-order valence-corrected chi connectivity index (χ0v) is 12.3. The number of fused-ring (bicyclic) bond motifs is 1. The zero-order chi connectivity index (χ0) is 13.9. The average Bonchev–Trinajstić information content (AvgIpc) is 2.69. The second-order valence-electron chi connectivity index (χ2n) is 5.10. The van der Waals surface area contributed by atoms with Crippen LogP contribution in [-0.4, -0.2) is 20.2 Å². The van der Waals surface area contributed by atoms with Gasteiger partial charge in [0, 0.05) is 12.5 Å². The molecule has 20 heavy (non-hydrogen) atoms. The van der Waals surface area contributed by atoms with E-state index in [2.05, 4.69) is 47.8 Å². The van der Waals surface area contributed by atoms with Crippen LogP contribution in [0.4, 0.5) is 0 Å². The predicted molar refractivity (Wildman–Crippen MR) is 82.9 cm³/mol. The van der Waals surface area contributed by atoms with Gasteiger partial charge in [-0.25, -0.2) is 0 Å². The molecule has 0 fully saturated rings. The molecule has 0 saturated heterocycles. The van der Waals surface area contributed by atoms with Crippen LogP contribution in [0, 0.1) is 0 Å². The first kappa shape index (κ1) is 13.5. The quantitative estimate of drug-likeness (QED) is 0.911. The SMILES string of the molecule is COc1cc2c(cc1Cl)CCNCC2c1ccccc1. The van der Waals surface area contributed by atoms with Crippen molar-refractivity contribution in [2.75, 3.05) is 20.2 Å². The number of halogens is 1. The van der Waals surface area contributed by atoms with Gasteiger partial charge in [-0.05, 0) is 41.8 Å². The van der Waals surface area contributed by atoms with Crippen LogP contribution in [0.25, 0.3) is 0 Å². The summed E-state index contributed by atoms with van der Waals surface area (Å²) in [5.74, 6) is 1.10. The van der Waals surface area contributed by atoms with Crippen LogP contribution < -0.4 is 10.1 Å². The van der Waals surface area contributed by atoms with Gasteiger partial charge in [-0.15, -0.1) is 0 Å². The molecule has 2 aromatic carbocycles. The van der Waals surface area contributed by atoms with Crippen LogP contribution in [0.5, 0.6) is 5.75 Å². The van der Waals surface area contributed by atoms with Crippen molar-refractivity contribution in [3.05, 3.63) is 64.2 Å². The molecule has 1 aliphatic rings. The first-order valence-corrected chi connectivity index (χ1v) is 7.29. The molecule has 0 radical (unpaired) electrons. The second-order valence-corrected chi connectivity index (χ2v) is 5.51. The van der Waals surface area contributed by atoms with Gasteiger partial charge >= 0.3 is 0 Å².